The van der Waals surface area contributed by atoms with Crippen molar-refractivity contribution >= 4 is 23.5 Å². The SMILES string of the molecule is CCOP(=O)(CCOC1Cn2cc(Br)c(=O)c(OC)c2C(O)C1(C)C)OCC. The van der Waals surface area contributed by atoms with E-state index in [1.165, 1.54) is 7.11 Å². The maximum absolute atomic E-state index is 12.6. The van der Waals surface area contributed by atoms with Crippen molar-refractivity contribution in [3.63, 3.8) is 0 Å². The van der Waals surface area contributed by atoms with Crippen molar-refractivity contribution in [3.8, 4) is 5.75 Å². The molecule has 1 aromatic heterocycles. The molecule has 0 radical (unpaired) electrons. The van der Waals surface area contributed by atoms with E-state index in [1.807, 2.05) is 13.8 Å². The number of nitrogens with zero attached hydrogens (tertiary/aromatic N) is 1. The number of methoxy groups -OCH3 is 1. The monoisotopic (exact) mass is 481 g/mol. The van der Waals surface area contributed by atoms with Crippen molar-refractivity contribution < 1.29 is 28.2 Å². The van der Waals surface area contributed by atoms with Gasteiger partial charge < -0.3 is 28.2 Å². The van der Waals surface area contributed by atoms with Crippen LogP contribution in [0.2, 0.25) is 0 Å². The summed E-state index contributed by atoms with van der Waals surface area (Å²) in [6.45, 7) is 8.39. The van der Waals surface area contributed by atoms with Gasteiger partial charge in [0.15, 0.2) is 5.75 Å². The highest BCUT2D eigenvalue weighted by Crippen LogP contribution is 2.49. The quantitative estimate of drug-likeness (QED) is 0.540. The summed E-state index contributed by atoms with van der Waals surface area (Å²) < 4.78 is 36.6. The van der Waals surface area contributed by atoms with Gasteiger partial charge in [-0.3, -0.25) is 9.36 Å². The van der Waals surface area contributed by atoms with Crippen molar-refractivity contribution in [3.05, 3.63) is 26.6 Å². The normalized spacial score (nSPS) is 21.4. The zero-order valence-electron chi connectivity index (χ0n) is 16.9. The Balaban J connectivity index is 2.23. The maximum Gasteiger partial charge on any atom is 0.332 e. The van der Waals surface area contributed by atoms with Crippen LogP contribution in [-0.4, -0.2) is 48.9 Å². The lowest BCUT2D eigenvalue weighted by molar-refractivity contribution is -0.110. The second-order valence-corrected chi connectivity index (χ2v) is 10.2. The first-order valence-corrected chi connectivity index (χ1v) is 11.8. The van der Waals surface area contributed by atoms with E-state index in [9.17, 15) is 14.5 Å². The predicted molar refractivity (Wildman–Crippen MR) is 109 cm³/mol. The minimum atomic E-state index is -3.20. The Hall–Kier alpha value is -0.700. The van der Waals surface area contributed by atoms with E-state index < -0.39 is 19.1 Å². The van der Waals surface area contributed by atoms with Gasteiger partial charge >= 0.3 is 7.60 Å². The van der Waals surface area contributed by atoms with Crippen LogP contribution in [0.3, 0.4) is 0 Å². The van der Waals surface area contributed by atoms with E-state index in [2.05, 4.69) is 15.9 Å². The van der Waals surface area contributed by atoms with Gasteiger partial charge in [-0.2, -0.15) is 0 Å². The van der Waals surface area contributed by atoms with Crippen LogP contribution in [0.15, 0.2) is 15.5 Å². The fourth-order valence-electron chi connectivity index (χ4n) is 3.33. The number of ether oxygens (including phenoxy) is 2. The van der Waals surface area contributed by atoms with E-state index in [4.69, 9.17) is 18.5 Å². The van der Waals surface area contributed by atoms with Crippen LogP contribution < -0.4 is 10.2 Å². The number of fused-ring (bicyclic) bond motifs is 1. The topological polar surface area (TPSA) is 96.2 Å². The van der Waals surface area contributed by atoms with Gasteiger partial charge in [0.2, 0.25) is 5.43 Å². The van der Waals surface area contributed by atoms with Crippen LogP contribution in [0.5, 0.6) is 5.75 Å². The Kier molecular flexibility index (Phi) is 7.92. The summed E-state index contributed by atoms with van der Waals surface area (Å²) in [6, 6.07) is 0. The highest BCUT2D eigenvalue weighted by Gasteiger charge is 2.45. The molecule has 2 heterocycles. The number of hydrogen-bond donors (Lipinski definition) is 1. The first-order chi connectivity index (χ1) is 13.1. The molecule has 0 amide bonds. The molecule has 0 aromatic carbocycles. The van der Waals surface area contributed by atoms with Gasteiger partial charge in [-0.1, -0.05) is 13.8 Å². The zero-order valence-corrected chi connectivity index (χ0v) is 19.4. The third-order valence-electron chi connectivity index (χ3n) is 4.93. The van der Waals surface area contributed by atoms with Gasteiger partial charge in [0, 0.05) is 18.2 Å². The summed E-state index contributed by atoms with van der Waals surface area (Å²) >= 11 is 3.24. The van der Waals surface area contributed by atoms with Gasteiger partial charge in [0.05, 0.1) is 49.4 Å². The molecule has 28 heavy (non-hydrogen) atoms. The molecular formula is C18H29BrNO7P. The molecule has 0 saturated carbocycles. The second-order valence-electron chi connectivity index (χ2n) is 7.13. The Labute approximate surface area is 173 Å². The number of rotatable bonds is 9. The molecule has 1 aliphatic rings. The number of aliphatic hydroxyl groups is 1. The van der Waals surface area contributed by atoms with Crippen molar-refractivity contribution in [2.24, 2.45) is 5.41 Å². The van der Waals surface area contributed by atoms with Crippen LogP contribution in [0.1, 0.15) is 39.5 Å². The van der Waals surface area contributed by atoms with E-state index >= 15 is 0 Å². The molecule has 0 bridgehead atoms. The molecule has 2 rings (SSSR count). The highest BCUT2D eigenvalue weighted by atomic mass is 79.9. The molecule has 160 valence electrons. The van der Waals surface area contributed by atoms with Crippen LogP contribution in [0.4, 0.5) is 0 Å². The summed E-state index contributed by atoms with van der Waals surface area (Å²) in [5, 5.41) is 11.0. The Bertz CT molecular complexity index is 785. The molecule has 10 heteroatoms. The highest BCUT2D eigenvalue weighted by molar-refractivity contribution is 9.10. The average molecular weight is 482 g/mol. The first kappa shape index (κ1) is 23.6. The van der Waals surface area contributed by atoms with E-state index in [0.29, 0.717) is 29.9 Å². The number of pyridine rings is 1. The van der Waals surface area contributed by atoms with Gasteiger partial charge in [0.25, 0.3) is 0 Å². The fraction of sp³-hybridized carbons (Fsp3) is 0.722. The second kappa shape index (κ2) is 9.41. The summed E-state index contributed by atoms with van der Waals surface area (Å²) in [5.74, 6) is 0.116. The third-order valence-corrected chi connectivity index (χ3v) is 7.53. The zero-order chi connectivity index (χ0) is 21.1. The molecule has 2 unspecified atom stereocenters. The number of hydrogen-bond acceptors (Lipinski definition) is 7. The minimum Gasteiger partial charge on any atom is -0.491 e. The maximum atomic E-state index is 12.6. The van der Waals surface area contributed by atoms with Gasteiger partial charge in [-0.25, -0.2) is 0 Å². The van der Waals surface area contributed by atoms with E-state index in [0.717, 1.165) is 0 Å². The molecule has 0 fully saturated rings. The smallest absolute Gasteiger partial charge is 0.332 e. The Morgan fingerprint density at radius 1 is 1.32 bits per heavy atom. The molecule has 8 nitrogen and oxygen atoms in total. The van der Waals surface area contributed by atoms with Gasteiger partial charge in [-0.05, 0) is 29.8 Å². The molecule has 1 N–H and O–H groups in total. The van der Waals surface area contributed by atoms with Gasteiger partial charge in [0.1, 0.15) is 6.10 Å². The van der Waals surface area contributed by atoms with Crippen LogP contribution >= 0.6 is 23.5 Å². The average Bonchev–Trinajstić information content (AvgIpc) is 2.62. The van der Waals surface area contributed by atoms with Crippen molar-refractivity contribution in [2.75, 3.05) is 33.1 Å². The van der Waals surface area contributed by atoms with Crippen LogP contribution in [-0.2, 0) is 24.9 Å². The third kappa shape index (κ3) is 4.71. The first-order valence-electron chi connectivity index (χ1n) is 9.25. The van der Waals surface area contributed by atoms with Crippen LogP contribution in [0, 0.1) is 5.41 Å². The van der Waals surface area contributed by atoms with Crippen LogP contribution in [0.25, 0.3) is 0 Å². The standard InChI is InChI=1S/C18H29BrNO7P/c1-6-26-28(23,27-7-2)9-8-25-13-11-20-10-12(19)15(21)16(24-5)14(20)17(22)18(13,3)4/h10,13,17,22H,6-9,11H2,1-5H3. The fourth-order valence-corrected chi connectivity index (χ4v) is 5.20. The lowest BCUT2D eigenvalue weighted by atomic mass is 9.76. The van der Waals surface area contributed by atoms with Crippen molar-refractivity contribution in [1.29, 1.82) is 0 Å². The molecule has 0 spiro atoms. The number of aromatic nitrogens is 1. The minimum absolute atomic E-state index is 0.116. The Morgan fingerprint density at radius 3 is 2.46 bits per heavy atom. The van der Waals surface area contributed by atoms with E-state index in [-0.39, 0.29) is 30.1 Å². The number of aliphatic hydroxyl groups excluding tert-OH is 1. The summed E-state index contributed by atoms with van der Waals surface area (Å²) in [5.41, 5.74) is -0.582. The summed E-state index contributed by atoms with van der Waals surface area (Å²) in [6.07, 6.45) is 0.389. The van der Waals surface area contributed by atoms with Crippen molar-refractivity contribution in [2.45, 2.75) is 46.4 Å². The molecule has 2 atom stereocenters. The lowest BCUT2D eigenvalue weighted by Crippen LogP contribution is -2.47. The molecule has 0 saturated heterocycles. The van der Waals surface area contributed by atoms with Crippen molar-refractivity contribution in [1.82, 2.24) is 4.57 Å². The largest absolute Gasteiger partial charge is 0.491 e. The molecule has 1 aromatic rings. The summed E-state index contributed by atoms with van der Waals surface area (Å²) in [7, 11) is -1.79. The lowest BCUT2D eigenvalue weighted by Gasteiger charge is -2.44. The molecular weight excluding hydrogens is 453 g/mol. The van der Waals surface area contributed by atoms with E-state index in [1.54, 1.807) is 24.6 Å². The van der Waals surface area contributed by atoms with Gasteiger partial charge in [-0.15, -0.1) is 0 Å². The summed E-state index contributed by atoms with van der Waals surface area (Å²) in [4.78, 5) is 12.3. The predicted octanol–water partition coefficient (Wildman–Crippen LogP) is 3.34. The molecule has 0 aliphatic carbocycles. The number of halogens is 1. The molecule has 1 aliphatic heterocycles. The Morgan fingerprint density at radius 2 is 1.93 bits per heavy atom.